The van der Waals surface area contributed by atoms with Gasteiger partial charge in [-0.15, -0.1) is 0 Å². The van der Waals surface area contributed by atoms with E-state index in [1.807, 2.05) is 11.0 Å². The van der Waals surface area contributed by atoms with Crippen LogP contribution in [0.2, 0.25) is 10.0 Å². The van der Waals surface area contributed by atoms with Crippen molar-refractivity contribution in [1.82, 2.24) is 14.4 Å². The number of rotatable bonds is 6. The van der Waals surface area contributed by atoms with Crippen molar-refractivity contribution in [2.75, 3.05) is 26.2 Å². The molecule has 0 bridgehead atoms. The first-order chi connectivity index (χ1) is 17.4. The first-order valence-corrected chi connectivity index (χ1v) is 13.3. The maximum atomic E-state index is 13.4. The summed E-state index contributed by atoms with van der Waals surface area (Å²) in [6.07, 6.45) is -1.88. The molecule has 0 aliphatic carbocycles. The van der Waals surface area contributed by atoms with Crippen molar-refractivity contribution in [2.24, 2.45) is 7.05 Å². The van der Waals surface area contributed by atoms with Crippen molar-refractivity contribution >= 4 is 40.0 Å². The van der Waals surface area contributed by atoms with E-state index in [1.165, 1.54) is 0 Å². The minimum Gasteiger partial charge on any atom is -0.347 e. The Kier molecular flexibility index (Phi) is 8.17. The highest BCUT2D eigenvalue weighted by Crippen LogP contribution is 2.36. The van der Waals surface area contributed by atoms with Gasteiger partial charge in [-0.05, 0) is 61.7 Å². The van der Waals surface area contributed by atoms with Crippen LogP contribution >= 0.6 is 23.2 Å². The van der Waals surface area contributed by atoms with Crippen LogP contribution in [0.15, 0.2) is 30.3 Å². The molecule has 0 saturated carbocycles. The van der Waals surface area contributed by atoms with Crippen molar-refractivity contribution in [3.05, 3.63) is 68.3 Å². The van der Waals surface area contributed by atoms with Crippen LogP contribution in [0, 0.1) is 6.92 Å². The molecule has 1 saturated heterocycles. The third-order valence-corrected chi connectivity index (χ3v) is 8.29. The molecule has 1 amide bonds. The number of benzene rings is 2. The molecule has 4 nitrogen and oxygen atoms in total. The van der Waals surface area contributed by atoms with Crippen molar-refractivity contribution < 1.29 is 18.0 Å². The second-order valence-corrected chi connectivity index (χ2v) is 10.7. The lowest BCUT2D eigenvalue weighted by molar-refractivity contribution is -0.137. The molecule has 1 unspecified atom stereocenters. The summed E-state index contributed by atoms with van der Waals surface area (Å²) in [5.41, 5.74) is 2.08. The van der Waals surface area contributed by atoms with Crippen LogP contribution in [-0.2, 0) is 19.6 Å². The lowest BCUT2D eigenvalue weighted by atomic mass is 10.0. The highest BCUT2D eigenvalue weighted by molar-refractivity contribution is 6.38. The lowest BCUT2D eigenvalue weighted by Crippen LogP contribution is -2.51. The minimum atomic E-state index is -4.43. The number of alkyl halides is 3. The number of piperazine rings is 1. The lowest BCUT2D eigenvalue weighted by Gasteiger charge is -2.38. The van der Waals surface area contributed by atoms with Gasteiger partial charge in [-0.25, -0.2) is 0 Å². The number of carbonyl (C=O) groups is 1. The first kappa shape index (κ1) is 27.8. The Morgan fingerprint density at radius 1 is 1.08 bits per heavy atom. The van der Waals surface area contributed by atoms with Crippen LogP contribution in [0.5, 0.6) is 0 Å². The van der Waals surface area contributed by atoms with Gasteiger partial charge in [0.25, 0.3) is 5.91 Å². The van der Waals surface area contributed by atoms with Gasteiger partial charge in [0.2, 0.25) is 0 Å². The number of fused-ring (bicyclic) bond motifs is 1. The summed E-state index contributed by atoms with van der Waals surface area (Å²) >= 11 is 13.3. The fourth-order valence-electron chi connectivity index (χ4n) is 5.24. The number of aryl methyl sites for hydroxylation is 2. The average Bonchev–Trinajstić information content (AvgIpc) is 3.17. The molecule has 2 aromatic carbocycles. The molecule has 0 radical (unpaired) electrons. The van der Waals surface area contributed by atoms with Crippen molar-refractivity contribution in [3.63, 3.8) is 0 Å². The summed E-state index contributed by atoms with van der Waals surface area (Å²) in [7, 11) is 1.73. The molecule has 1 fully saturated rings. The predicted octanol–water partition coefficient (Wildman–Crippen LogP) is 7.35. The Morgan fingerprint density at radius 3 is 2.38 bits per heavy atom. The molecule has 1 aliphatic rings. The van der Waals surface area contributed by atoms with E-state index in [-0.39, 0.29) is 17.4 Å². The molecule has 4 rings (SSSR count). The van der Waals surface area contributed by atoms with E-state index in [9.17, 15) is 18.0 Å². The summed E-state index contributed by atoms with van der Waals surface area (Å²) in [5.74, 6) is -0.131. The number of nitrogens with zero attached hydrogens (tertiary/aromatic N) is 3. The molecule has 37 heavy (non-hydrogen) atoms. The number of halogens is 5. The predicted molar refractivity (Wildman–Crippen MR) is 144 cm³/mol. The second kappa shape index (κ2) is 10.9. The summed E-state index contributed by atoms with van der Waals surface area (Å²) in [5, 5.41) is 1.44. The summed E-state index contributed by atoms with van der Waals surface area (Å²) < 4.78 is 41.9. The highest BCUT2D eigenvalue weighted by Gasteiger charge is 2.32. The Morgan fingerprint density at radius 2 is 1.76 bits per heavy atom. The van der Waals surface area contributed by atoms with Gasteiger partial charge in [0.1, 0.15) is 0 Å². The van der Waals surface area contributed by atoms with E-state index in [0.717, 1.165) is 49.1 Å². The molecule has 3 aromatic rings. The Hall–Kier alpha value is -2.22. The highest BCUT2D eigenvalue weighted by atomic mass is 35.5. The van der Waals surface area contributed by atoms with Crippen molar-refractivity contribution in [3.8, 4) is 0 Å². The van der Waals surface area contributed by atoms with E-state index in [0.29, 0.717) is 46.4 Å². The van der Waals surface area contributed by atoms with E-state index in [2.05, 4.69) is 18.7 Å². The van der Waals surface area contributed by atoms with Gasteiger partial charge in [0, 0.05) is 67.3 Å². The van der Waals surface area contributed by atoms with E-state index in [4.69, 9.17) is 23.2 Å². The molecule has 0 N–H and O–H groups in total. The average molecular weight is 554 g/mol. The van der Waals surface area contributed by atoms with E-state index < -0.39 is 11.7 Å². The maximum absolute atomic E-state index is 13.4. The van der Waals surface area contributed by atoms with Crippen LogP contribution in [-0.4, -0.2) is 52.5 Å². The molecular formula is C28H32Cl2F3N3O. The van der Waals surface area contributed by atoms with Crippen molar-refractivity contribution in [1.29, 1.82) is 0 Å². The monoisotopic (exact) mass is 553 g/mol. The number of hydrogen-bond donors (Lipinski definition) is 0. The first-order valence-electron chi connectivity index (χ1n) is 12.6. The Bertz CT molecular complexity index is 1310. The molecule has 1 aromatic heterocycles. The topological polar surface area (TPSA) is 28.5 Å². The third kappa shape index (κ3) is 5.64. The SMILES string of the molecule is CCCC(C)N1CCN(C(=O)c2ccc(Cl)c(Cc3cc4c(C)cc(C(F)(F)F)cc4n3C)c2Cl)CC1. The zero-order valence-electron chi connectivity index (χ0n) is 21.6. The maximum Gasteiger partial charge on any atom is 0.416 e. The van der Waals surface area contributed by atoms with Crippen LogP contribution in [0.3, 0.4) is 0 Å². The molecular weight excluding hydrogens is 522 g/mol. The van der Waals surface area contributed by atoms with Crippen LogP contribution in [0.4, 0.5) is 13.2 Å². The summed E-state index contributed by atoms with van der Waals surface area (Å²) in [4.78, 5) is 17.6. The van der Waals surface area contributed by atoms with Gasteiger partial charge in [-0.3, -0.25) is 9.69 Å². The van der Waals surface area contributed by atoms with Crippen LogP contribution in [0.25, 0.3) is 10.9 Å². The third-order valence-electron chi connectivity index (χ3n) is 7.50. The zero-order chi connectivity index (χ0) is 27.1. The number of amides is 1. The molecule has 0 spiro atoms. The number of aromatic nitrogens is 1. The summed E-state index contributed by atoms with van der Waals surface area (Å²) in [6, 6.07) is 8.01. The zero-order valence-corrected chi connectivity index (χ0v) is 23.1. The van der Waals surface area contributed by atoms with Gasteiger partial charge in [-0.2, -0.15) is 13.2 Å². The smallest absolute Gasteiger partial charge is 0.347 e. The molecule has 1 aliphatic heterocycles. The number of carbonyl (C=O) groups excluding carboxylic acids is 1. The number of hydrogen-bond acceptors (Lipinski definition) is 2. The fourth-order valence-corrected chi connectivity index (χ4v) is 5.82. The standard InChI is InChI=1S/C28H32Cl2F3N3O/c1-5-6-18(3)35-9-11-36(12-10-35)27(37)21-7-8-24(29)23(26(21)30)16-20-15-22-17(2)13-19(28(31,32)33)14-25(22)34(20)4/h7-8,13-15,18H,5-6,9-12,16H2,1-4H3. The molecule has 1 atom stereocenters. The van der Waals surface area contributed by atoms with Gasteiger partial charge in [0.05, 0.1) is 16.1 Å². The fraction of sp³-hybridized carbons (Fsp3) is 0.464. The summed E-state index contributed by atoms with van der Waals surface area (Å²) in [6.45, 7) is 8.97. The minimum absolute atomic E-state index is 0.131. The Balaban J connectivity index is 1.60. The van der Waals surface area contributed by atoms with Gasteiger partial charge in [0.15, 0.2) is 0 Å². The van der Waals surface area contributed by atoms with Crippen molar-refractivity contribution in [2.45, 2.75) is 52.3 Å². The van der Waals surface area contributed by atoms with E-state index >= 15 is 0 Å². The van der Waals surface area contributed by atoms with Crippen LogP contribution < -0.4 is 0 Å². The van der Waals surface area contributed by atoms with Gasteiger partial charge in [-0.1, -0.05) is 36.5 Å². The molecule has 200 valence electrons. The second-order valence-electron chi connectivity index (χ2n) is 9.95. The van der Waals surface area contributed by atoms with E-state index in [1.54, 1.807) is 30.7 Å². The van der Waals surface area contributed by atoms with Gasteiger partial charge >= 0.3 is 6.18 Å². The molecule has 9 heteroatoms. The normalized spacial score (nSPS) is 16.0. The quantitative estimate of drug-likeness (QED) is 0.319. The van der Waals surface area contributed by atoms with Gasteiger partial charge < -0.3 is 9.47 Å². The van der Waals surface area contributed by atoms with Crippen LogP contribution in [0.1, 0.15) is 59.4 Å². The Labute approximate surface area is 225 Å². The largest absolute Gasteiger partial charge is 0.416 e. The molecule has 2 heterocycles.